The lowest BCUT2D eigenvalue weighted by atomic mass is 9.54. The summed E-state index contributed by atoms with van der Waals surface area (Å²) in [5.41, 5.74) is -5.29. The van der Waals surface area contributed by atoms with Crippen LogP contribution in [0, 0.1) is 16.7 Å². The number of rotatable bonds is 2. The predicted molar refractivity (Wildman–Crippen MR) is 83.6 cm³/mol. The lowest BCUT2D eigenvalue weighted by Crippen LogP contribution is -2.58. The Kier molecular flexibility index (Phi) is 3.16. The van der Waals surface area contributed by atoms with E-state index in [1.54, 1.807) is 0 Å². The molecule has 2 N–H and O–H groups in total. The third-order valence-corrected chi connectivity index (χ3v) is 6.78. The molecule has 4 rings (SSSR count). The van der Waals surface area contributed by atoms with Crippen molar-refractivity contribution < 1.29 is 38.9 Å². The lowest BCUT2D eigenvalue weighted by molar-refractivity contribution is -0.159. The maximum Gasteiger partial charge on any atom is 0.263 e. The van der Waals surface area contributed by atoms with E-state index in [0.717, 1.165) is 0 Å². The summed E-state index contributed by atoms with van der Waals surface area (Å²) in [5, 5.41) is 21.6. The van der Waals surface area contributed by atoms with Gasteiger partial charge in [0.2, 0.25) is 5.78 Å². The fourth-order valence-corrected chi connectivity index (χ4v) is 5.62. The van der Waals surface area contributed by atoms with E-state index in [1.807, 2.05) is 0 Å². The van der Waals surface area contributed by atoms with Crippen molar-refractivity contribution in [3.8, 4) is 0 Å². The highest BCUT2D eigenvalue weighted by atomic mass is 16.5. The van der Waals surface area contributed by atoms with Gasteiger partial charge < -0.3 is 19.7 Å². The summed E-state index contributed by atoms with van der Waals surface area (Å²) in [7, 11) is 1.21. The molecular weight excluding hydrogens is 344 g/mol. The minimum Gasteiger partial charge on any atom is -0.493 e. The van der Waals surface area contributed by atoms with Crippen LogP contribution in [0.4, 0.5) is 0 Å². The monoisotopic (exact) mass is 362 g/mol. The topological polar surface area (TPSA) is 127 Å². The van der Waals surface area contributed by atoms with Crippen LogP contribution in [-0.2, 0) is 28.7 Å². The molecule has 1 saturated heterocycles. The summed E-state index contributed by atoms with van der Waals surface area (Å²) in [4.78, 5) is 51.7. The number of fused-ring (bicyclic) bond motifs is 3. The molecule has 4 aliphatic rings. The number of ether oxygens (including phenoxy) is 2. The van der Waals surface area contributed by atoms with Gasteiger partial charge in [-0.05, 0) is 30.6 Å². The van der Waals surface area contributed by atoms with Crippen molar-refractivity contribution in [3.63, 3.8) is 0 Å². The second-order valence-electron chi connectivity index (χ2n) is 7.34. The molecule has 0 radical (unpaired) electrons. The number of ketones is 4. The lowest BCUT2D eigenvalue weighted by Gasteiger charge is -2.46. The number of methoxy groups -OCH3 is 1. The van der Waals surface area contributed by atoms with Crippen molar-refractivity contribution >= 4 is 23.1 Å². The average molecular weight is 362 g/mol. The van der Waals surface area contributed by atoms with Crippen LogP contribution < -0.4 is 0 Å². The van der Waals surface area contributed by atoms with Gasteiger partial charge in [0.25, 0.3) is 5.78 Å². The molecule has 0 aromatic heterocycles. The predicted octanol–water partition coefficient (Wildman–Crippen LogP) is -1.12. The van der Waals surface area contributed by atoms with Crippen LogP contribution in [0.3, 0.4) is 0 Å². The van der Waals surface area contributed by atoms with Gasteiger partial charge in [-0.3, -0.25) is 19.2 Å². The number of Topliss-reactive ketones (excluding diaryl/α,β-unsaturated/α-hetero) is 4. The molecule has 8 heteroatoms. The first kappa shape index (κ1) is 17.3. The second kappa shape index (κ2) is 4.76. The summed E-state index contributed by atoms with van der Waals surface area (Å²) < 4.78 is 10.6. The molecule has 1 aliphatic heterocycles. The molecule has 2 bridgehead atoms. The Hall–Kier alpha value is -2.16. The maximum atomic E-state index is 13.4. The molecule has 1 saturated carbocycles. The van der Waals surface area contributed by atoms with Gasteiger partial charge in [-0.2, -0.15) is 0 Å². The van der Waals surface area contributed by atoms with Crippen molar-refractivity contribution in [3.05, 3.63) is 22.5 Å². The Balaban J connectivity index is 2.22. The highest BCUT2D eigenvalue weighted by Crippen LogP contribution is 2.70. The largest absolute Gasteiger partial charge is 0.493 e. The van der Waals surface area contributed by atoms with Crippen LogP contribution in [-0.4, -0.2) is 65.9 Å². The zero-order chi connectivity index (χ0) is 19.2. The molecule has 26 heavy (non-hydrogen) atoms. The summed E-state index contributed by atoms with van der Waals surface area (Å²) in [5.74, 6) is -5.90. The first-order valence-electron chi connectivity index (χ1n) is 8.22. The number of hydrogen-bond donors (Lipinski definition) is 2. The number of carbonyl (C=O) groups excluding carboxylic acids is 4. The van der Waals surface area contributed by atoms with Crippen molar-refractivity contribution in [1.82, 2.24) is 0 Å². The van der Waals surface area contributed by atoms with Crippen LogP contribution in [0.2, 0.25) is 0 Å². The smallest absolute Gasteiger partial charge is 0.263 e. The first-order valence-corrected chi connectivity index (χ1v) is 8.22. The Bertz CT molecular complexity index is 880. The number of aliphatic hydroxyl groups excluding tert-OH is 1. The van der Waals surface area contributed by atoms with Gasteiger partial charge in [-0.25, -0.2) is 0 Å². The van der Waals surface area contributed by atoms with Gasteiger partial charge in [0.05, 0.1) is 43.7 Å². The average Bonchev–Trinajstić information content (AvgIpc) is 3.12. The van der Waals surface area contributed by atoms with Gasteiger partial charge in [-0.15, -0.1) is 0 Å². The molecule has 0 aromatic rings. The molecule has 0 amide bonds. The fourth-order valence-electron chi connectivity index (χ4n) is 5.62. The number of aliphatic hydroxyl groups is 2. The van der Waals surface area contributed by atoms with Gasteiger partial charge in [-0.1, -0.05) is 0 Å². The maximum absolute atomic E-state index is 13.4. The minimum absolute atomic E-state index is 0.0222. The van der Waals surface area contributed by atoms with Crippen LogP contribution in [0.25, 0.3) is 0 Å². The van der Waals surface area contributed by atoms with E-state index in [1.165, 1.54) is 21.0 Å². The molecular formula is C18H18O8. The SMILES string of the molecule is COC1=C(C)[C@]2(CO)[C@H](C(=O)C1=O)[C@]1(O)C(=O)C(C)=C3COC[C@@]32C1=O. The molecule has 138 valence electrons. The Morgan fingerprint density at radius 3 is 2.46 bits per heavy atom. The van der Waals surface area contributed by atoms with E-state index >= 15 is 0 Å². The zero-order valence-electron chi connectivity index (χ0n) is 14.5. The van der Waals surface area contributed by atoms with Crippen molar-refractivity contribution in [2.75, 3.05) is 26.9 Å². The fraction of sp³-hybridized carbons (Fsp3) is 0.556. The van der Waals surface area contributed by atoms with Gasteiger partial charge in [0.1, 0.15) is 0 Å². The Labute approximate surface area is 148 Å². The van der Waals surface area contributed by atoms with Crippen LogP contribution >= 0.6 is 0 Å². The normalized spacial score (nSPS) is 41.8. The van der Waals surface area contributed by atoms with E-state index < -0.39 is 52.1 Å². The van der Waals surface area contributed by atoms with Gasteiger partial charge in [0.15, 0.2) is 22.9 Å². The van der Waals surface area contributed by atoms with E-state index in [0.29, 0.717) is 5.57 Å². The second-order valence-corrected chi connectivity index (χ2v) is 7.34. The van der Waals surface area contributed by atoms with Crippen molar-refractivity contribution in [2.45, 2.75) is 19.4 Å². The number of allylic oxidation sites excluding steroid dienone is 1. The van der Waals surface area contributed by atoms with Gasteiger partial charge >= 0.3 is 0 Å². The minimum atomic E-state index is -2.70. The molecule has 2 fully saturated rings. The van der Waals surface area contributed by atoms with Crippen LogP contribution in [0.15, 0.2) is 22.5 Å². The van der Waals surface area contributed by atoms with Gasteiger partial charge in [0, 0.05) is 0 Å². The van der Waals surface area contributed by atoms with Crippen LogP contribution in [0.5, 0.6) is 0 Å². The third kappa shape index (κ3) is 1.32. The Morgan fingerprint density at radius 2 is 1.88 bits per heavy atom. The van der Waals surface area contributed by atoms with E-state index in [2.05, 4.69) is 0 Å². The summed E-state index contributed by atoms with van der Waals surface area (Å²) >= 11 is 0. The van der Waals surface area contributed by atoms with Crippen molar-refractivity contribution in [2.24, 2.45) is 16.7 Å². The first-order chi connectivity index (χ1) is 12.2. The molecule has 4 atom stereocenters. The highest BCUT2D eigenvalue weighted by Gasteiger charge is 2.85. The molecule has 1 heterocycles. The molecule has 0 unspecified atom stereocenters. The summed E-state index contributed by atoms with van der Waals surface area (Å²) in [6.45, 7) is 2.00. The zero-order valence-corrected chi connectivity index (χ0v) is 14.5. The quantitative estimate of drug-likeness (QED) is 0.467. The molecule has 8 nitrogen and oxygen atoms in total. The van der Waals surface area contributed by atoms with Crippen molar-refractivity contribution in [1.29, 1.82) is 0 Å². The summed E-state index contributed by atoms with van der Waals surface area (Å²) in [6, 6.07) is 0. The van der Waals surface area contributed by atoms with Crippen LogP contribution in [0.1, 0.15) is 13.8 Å². The Morgan fingerprint density at radius 1 is 1.23 bits per heavy atom. The number of hydrogen-bond acceptors (Lipinski definition) is 8. The highest BCUT2D eigenvalue weighted by molar-refractivity contribution is 6.47. The van der Waals surface area contributed by atoms with E-state index in [4.69, 9.17) is 9.47 Å². The number of carbonyl (C=O) groups is 4. The molecule has 0 aromatic carbocycles. The summed E-state index contributed by atoms with van der Waals surface area (Å²) in [6.07, 6.45) is 0. The molecule has 1 spiro atoms. The molecule has 3 aliphatic carbocycles. The van der Waals surface area contributed by atoms with E-state index in [9.17, 15) is 29.4 Å². The standard InChI is InChI=1S/C18H18O8/c1-7-9-4-26-6-17(9)15(23)18(24,14(7)22)13-11(21)10(20)12(25-3)8(2)16(13,17)5-19/h13,19,24H,4-6H2,1-3H3/t13-,16+,17-,18-/m0/s1. The van der Waals surface area contributed by atoms with E-state index in [-0.39, 0.29) is 30.1 Å². The third-order valence-electron chi connectivity index (χ3n) is 6.78.